The van der Waals surface area contributed by atoms with E-state index in [1.807, 2.05) is 0 Å². The Kier molecular flexibility index (Phi) is 4.17. The minimum absolute atomic E-state index is 0.354. The van der Waals surface area contributed by atoms with E-state index in [0.29, 0.717) is 28.4 Å². The second-order valence-corrected chi connectivity index (χ2v) is 5.00. The summed E-state index contributed by atoms with van der Waals surface area (Å²) < 4.78 is 6.33. The number of ether oxygens (including phenoxy) is 1. The van der Waals surface area contributed by atoms with E-state index in [2.05, 4.69) is 38.1 Å². The Labute approximate surface area is 109 Å². The van der Waals surface area contributed by atoms with Crippen molar-refractivity contribution in [1.29, 1.82) is 0 Å². The molecule has 2 atom stereocenters. The molecule has 3 N–H and O–H groups in total. The molecule has 0 bridgehead atoms. The van der Waals surface area contributed by atoms with Crippen molar-refractivity contribution in [1.82, 2.24) is 9.97 Å². The van der Waals surface area contributed by atoms with Gasteiger partial charge in [0.2, 0.25) is 5.95 Å². The lowest BCUT2D eigenvalue weighted by Crippen LogP contribution is -2.23. The lowest BCUT2D eigenvalue weighted by atomic mass is 10.00. The summed E-state index contributed by atoms with van der Waals surface area (Å²) in [4.78, 5) is 8.35. The van der Waals surface area contributed by atoms with Gasteiger partial charge in [-0.25, -0.2) is 4.98 Å². The molecule has 94 valence electrons. The molecule has 0 saturated carbocycles. The van der Waals surface area contributed by atoms with E-state index in [0.717, 1.165) is 26.0 Å². The van der Waals surface area contributed by atoms with Gasteiger partial charge in [0.05, 0.1) is 6.10 Å². The zero-order valence-electron chi connectivity index (χ0n) is 9.82. The molecule has 0 aromatic carbocycles. The fraction of sp³-hybridized carbons (Fsp3) is 0.636. The van der Waals surface area contributed by atoms with Gasteiger partial charge in [0.15, 0.2) is 0 Å². The maximum absolute atomic E-state index is 5.65. The van der Waals surface area contributed by atoms with Crippen LogP contribution in [-0.2, 0) is 4.74 Å². The average Bonchev–Trinajstić information content (AvgIpc) is 2.72. The van der Waals surface area contributed by atoms with Crippen LogP contribution in [0.15, 0.2) is 10.7 Å². The Bertz CT molecular complexity index is 367. The lowest BCUT2D eigenvalue weighted by Gasteiger charge is -2.17. The Balaban J connectivity index is 1.93. The van der Waals surface area contributed by atoms with E-state index in [1.54, 1.807) is 6.07 Å². The van der Waals surface area contributed by atoms with Gasteiger partial charge in [-0.05, 0) is 28.8 Å². The first-order valence-electron chi connectivity index (χ1n) is 5.84. The monoisotopic (exact) mass is 300 g/mol. The third-order valence-corrected chi connectivity index (χ3v) is 3.39. The van der Waals surface area contributed by atoms with Gasteiger partial charge in [0, 0.05) is 25.1 Å². The van der Waals surface area contributed by atoms with Crippen LogP contribution in [-0.4, -0.2) is 29.2 Å². The summed E-state index contributed by atoms with van der Waals surface area (Å²) in [7, 11) is 0. The number of rotatable bonds is 4. The second kappa shape index (κ2) is 5.64. The number of nitrogens with one attached hydrogen (secondary N) is 1. The number of nitrogen functional groups attached to an aromatic ring is 1. The zero-order chi connectivity index (χ0) is 12.3. The molecule has 0 radical (unpaired) electrons. The van der Waals surface area contributed by atoms with Crippen molar-refractivity contribution in [3.63, 3.8) is 0 Å². The van der Waals surface area contributed by atoms with E-state index in [1.165, 1.54) is 0 Å². The van der Waals surface area contributed by atoms with Crippen LogP contribution in [0.4, 0.5) is 11.8 Å². The van der Waals surface area contributed by atoms with Crippen molar-refractivity contribution in [3.05, 3.63) is 10.7 Å². The maximum atomic E-state index is 5.65. The fourth-order valence-corrected chi connectivity index (χ4v) is 2.52. The van der Waals surface area contributed by atoms with Crippen molar-refractivity contribution >= 4 is 27.7 Å². The lowest BCUT2D eigenvalue weighted by molar-refractivity contribution is 0.0900. The summed E-state index contributed by atoms with van der Waals surface area (Å²) in [5.41, 5.74) is 5.65. The Morgan fingerprint density at radius 2 is 2.41 bits per heavy atom. The minimum Gasteiger partial charge on any atom is -0.383 e. The van der Waals surface area contributed by atoms with Gasteiger partial charge in [0.1, 0.15) is 10.4 Å². The smallest absolute Gasteiger partial charge is 0.225 e. The largest absolute Gasteiger partial charge is 0.383 e. The molecular weight excluding hydrogens is 284 g/mol. The van der Waals surface area contributed by atoms with Crippen LogP contribution in [0.2, 0.25) is 0 Å². The fourth-order valence-electron chi connectivity index (χ4n) is 2.11. The SMILES string of the molecule is CCC1OCCC1CNc1nc(N)cc(Br)n1. The number of halogens is 1. The summed E-state index contributed by atoms with van der Waals surface area (Å²) in [5.74, 6) is 1.56. The molecule has 1 fully saturated rings. The number of anilines is 2. The minimum atomic E-state index is 0.354. The van der Waals surface area contributed by atoms with Crippen LogP contribution in [0.25, 0.3) is 0 Å². The summed E-state index contributed by atoms with van der Waals surface area (Å²) in [6.07, 6.45) is 2.50. The zero-order valence-corrected chi connectivity index (χ0v) is 11.4. The molecule has 0 aliphatic carbocycles. The molecule has 1 aromatic rings. The molecule has 0 spiro atoms. The standard InChI is InChI=1S/C11H17BrN4O/c1-2-8-7(3-4-17-8)6-14-11-15-9(12)5-10(13)16-11/h5,7-8H,2-4,6H2,1H3,(H3,13,14,15,16). The first-order valence-corrected chi connectivity index (χ1v) is 6.64. The van der Waals surface area contributed by atoms with Crippen molar-refractivity contribution in [3.8, 4) is 0 Å². The molecule has 5 nitrogen and oxygen atoms in total. The second-order valence-electron chi connectivity index (χ2n) is 4.19. The van der Waals surface area contributed by atoms with Gasteiger partial charge in [-0.2, -0.15) is 4.98 Å². The van der Waals surface area contributed by atoms with Crippen molar-refractivity contribution in [2.24, 2.45) is 5.92 Å². The summed E-state index contributed by atoms with van der Waals surface area (Å²) in [5, 5.41) is 3.22. The van der Waals surface area contributed by atoms with Crippen LogP contribution >= 0.6 is 15.9 Å². The third kappa shape index (κ3) is 3.29. The van der Waals surface area contributed by atoms with Crippen molar-refractivity contribution in [2.75, 3.05) is 24.2 Å². The van der Waals surface area contributed by atoms with Gasteiger partial charge in [-0.1, -0.05) is 6.92 Å². The quantitative estimate of drug-likeness (QED) is 0.833. The van der Waals surface area contributed by atoms with E-state index in [4.69, 9.17) is 10.5 Å². The molecule has 1 aromatic heterocycles. The predicted molar refractivity (Wildman–Crippen MR) is 70.8 cm³/mol. The van der Waals surface area contributed by atoms with Crippen LogP contribution < -0.4 is 11.1 Å². The Morgan fingerprint density at radius 1 is 1.59 bits per heavy atom. The first-order chi connectivity index (χ1) is 8.19. The predicted octanol–water partition coefficient (Wildman–Crippen LogP) is 2.05. The molecule has 1 aliphatic heterocycles. The summed E-state index contributed by atoms with van der Waals surface area (Å²) in [6.45, 7) is 3.83. The summed E-state index contributed by atoms with van der Waals surface area (Å²) >= 11 is 3.30. The van der Waals surface area contributed by atoms with Crippen LogP contribution in [0.3, 0.4) is 0 Å². The van der Waals surface area contributed by atoms with Crippen molar-refractivity contribution < 1.29 is 4.74 Å². The molecule has 2 heterocycles. The van der Waals surface area contributed by atoms with Crippen LogP contribution in [0.5, 0.6) is 0 Å². The summed E-state index contributed by atoms with van der Waals surface area (Å²) in [6, 6.07) is 1.68. The highest BCUT2D eigenvalue weighted by Gasteiger charge is 2.26. The van der Waals surface area contributed by atoms with Gasteiger partial charge in [0.25, 0.3) is 0 Å². The number of hydrogen-bond acceptors (Lipinski definition) is 5. The molecule has 17 heavy (non-hydrogen) atoms. The molecule has 2 rings (SSSR count). The van der Waals surface area contributed by atoms with Crippen LogP contribution in [0, 0.1) is 5.92 Å². The van der Waals surface area contributed by atoms with E-state index in [-0.39, 0.29) is 0 Å². The Hall–Kier alpha value is -0.880. The van der Waals surface area contributed by atoms with Gasteiger partial charge >= 0.3 is 0 Å². The van der Waals surface area contributed by atoms with Gasteiger partial charge < -0.3 is 15.8 Å². The molecule has 1 aliphatic rings. The van der Waals surface area contributed by atoms with E-state index >= 15 is 0 Å². The topological polar surface area (TPSA) is 73.1 Å². The van der Waals surface area contributed by atoms with E-state index < -0.39 is 0 Å². The van der Waals surface area contributed by atoms with Crippen LogP contribution in [0.1, 0.15) is 19.8 Å². The molecular formula is C11H17BrN4O. The van der Waals surface area contributed by atoms with E-state index in [9.17, 15) is 0 Å². The number of aromatic nitrogens is 2. The average molecular weight is 301 g/mol. The third-order valence-electron chi connectivity index (χ3n) is 2.99. The molecule has 6 heteroatoms. The molecule has 2 unspecified atom stereocenters. The highest BCUT2D eigenvalue weighted by Crippen LogP contribution is 2.23. The normalized spacial score (nSPS) is 23.9. The number of nitrogens with two attached hydrogens (primary N) is 1. The number of hydrogen-bond donors (Lipinski definition) is 2. The first kappa shape index (κ1) is 12.6. The highest BCUT2D eigenvalue weighted by atomic mass is 79.9. The molecule has 1 saturated heterocycles. The Morgan fingerprint density at radius 3 is 3.12 bits per heavy atom. The maximum Gasteiger partial charge on any atom is 0.225 e. The van der Waals surface area contributed by atoms with Gasteiger partial charge in [-0.3, -0.25) is 0 Å². The van der Waals surface area contributed by atoms with Crippen molar-refractivity contribution in [2.45, 2.75) is 25.9 Å². The van der Waals surface area contributed by atoms with Gasteiger partial charge in [-0.15, -0.1) is 0 Å². The molecule has 0 amide bonds. The highest BCUT2D eigenvalue weighted by molar-refractivity contribution is 9.10. The number of nitrogens with zero attached hydrogens (tertiary/aromatic N) is 2.